The molecule has 3 unspecified atom stereocenters. The Morgan fingerprint density at radius 2 is 2.07 bits per heavy atom. The highest BCUT2D eigenvalue weighted by molar-refractivity contribution is 4.97. The molecule has 1 saturated carbocycles. The molecule has 0 bridgehead atoms. The normalized spacial score (nSPS) is 30.6. The van der Waals surface area contributed by atoms with Gasteiger partial charge in [0.2, 0.25) is 0 Å². The zero-order chi connectivity index (χ0) is 11.3. The van der Waals surface area contributed by atoms with Crippen LogP contribution in [0.2, 0.25) is 0 Å². The molecule has 0 heterocycles. The van der Waals surface area contributed by atoms with Crippen LogP contribution >= 0.6 is 0 Å². The van der Waals surface area contributed by atoms with Gasteiger partial charge in [0.05, 0.1) is 18.3 Å². The number of nitrogens with one attached hydrogen (secondary N) is 1. The van der Waals surface area contributed by atoms with Gasteiger partial charge in [0.25, 0.3) is 0 Å². The summed E-state index contributed by atoms with van der Waals surface area (Å²) in [6.07, 6.45) is 3.10. The van der Waals surface area contributed by atoms with Crippen molar-refractivity contribution in [1.29, 1.82) is 0 Å². The Morgan fingerprint density at radius 1 is 1.33 bits per heavy atom. The van der Waals surface area contributed by atoms with Crippen molar-refractivity contribution >= 4 is 0 Å². The predicted octanol–water partition coefficient (Wildman–Crippen LogP) is 1.96. The quantitative estimate of drug-likeness (QED) is 0.704. The van der Waals surface area contributed by atoms with Crippen molar-refractivity contribution in [3.05, 3.63) is 0 Å². The Morgan fingerprint density at radius 3 is 2.60 bits per heavy atom. The lowest BCUT2D eigenvalue weighted by molar-refractivity contribution is -0.159. The molecule has 15 heavy (non-hydrogen) atoms. The van der Waals surface area contributed by atoms with E-state index in [9.17, 15) is 0 Å². The molecule has 0 aromatic heterocycles. The fourth-order valence-electron chi connectivity index (χ4n) is 2.01. The monoisotopic (exact) mass is 215 g/mol. The summed E-state index contributed by atoms with van der Waals surface area (Å²) < 4.78 is 11.5. The van der Waals surface area contributed by atoms with Gasteiger partial charge in [-0.15, -0.1) is 0 Å². The minimum atomic E-state index is 0.254. The van der Waals surface area contributed by atoms with Crippen LogP contribution in [0.15, 0.2) is 0 Å². The Kier molecular flexibility index (Phi) is 5.58. The van der Waals surface area contributed by atoms with Crippen LogP contribution in [0.1, 0.15) is 40.5 Å². The van der Waals surface area contributed by atoms with Crippen LogP contribution in [0.4, 0.5) is 0 Å². The first-order chi connectivity index (χ1) is 7.19. The Balaban J connectivity index is 2.30. The summed E-state index contributed by atoms with van der Waals surface area (Å²) in [6, 6.07) is 0.494. The minimum Gasteiger partial charge on any atom is -0.374 e. The lowest BCUT2D eigenvalue weighted by Gasteiger charge is -2.45. The average molecular weight is 215 g/mol. The molecule has 1 aliphatic rings. The van der Waals surface area contributed by atoms with E-state index in [-0.39, 0.29) is 6.10 Å². The van der Waals surface area contributed by atoms with Crippen molar-refractivity contribution in [2.45, 2.75) is 64.9 Å². The van der Waals surface area contributed by atoms with Crippen molar-refractivity contribution in [3.63, 3.8) is 0 Å². The third-order valence-electron chi connectivity index (χ3n) is 2.71. The summed E-state index contributed by atoms with van der Waals surface area (Å²) in [5.74, 6) is 0. The third-order valence-corrected chi connectivity index (χ3v) is 2.71. The van der Waals surface area contributed by atoms with Crippen molar-refractivity contribution in [1.82, 2.24) is 5.32 Å². The van der Waals surface area contributed by atoms with Gasteiger partial charge in [0, 0.05) is 12.6 Å². The summed E-state index contributed by atoms with van der Waals surface area (Å²) in [5.41, 5.74) is 0. The van der Waals surface area contributed by atoms with Crippen molar-refractivity contribution in [2.75, 3.05) is 13.2 Å². The van der Waals surface area contributed by atoms with E-state index >= 15 is 0 Å². The Labute approximate surface area is 93.5 Å². The summed E-state index contributed by atoms with van der Waals surface area (Å²) in [7, 11) is 0. The molecule has 1 rings (SSSR count). The molecular formula is C12H25NO2. The van der Waals surface area contributed by atoms with Crippen molar-refractivity contribution < 1.29 is 9.47 Å². The molecule has 1 fully saturated rings. The molecule has 0 aliphatic heterocycles. The molecule has 3 atom stereocenters. The Hall–Kier alpha value is -0.120. The van der Waals surface area contributed by atoms with Gasteiger partial charge in [-0.3, -0.25) is 0 Å². The van der Waals surface area contributed by atoms with Crippen LogP contribution in [0, 0.1) is 0 Å². The molecule has 3 nitrogen and oxygen atoms in total. The molecular weight excluding hydrogens is 190 g/mol. The molecule has 0 aromatic carbocycles. The second kappa shape index (κ2) is 6.46. The van der Waals surface area contributed by atoms with E-state index in [4.69, 9.17) is 9.47 Å². The lowest BCUT2D eigenvalue weighted by Crippen LogP contribution is -2.60. The van der Waals surface area contributed by atoms with Gasteiger partial charge in [-0.2, -0.15) is 0 Å². The number of rotatable bonds is 7. The SMILES string of the molecule is CCCNC1CC(OC(C)C)C1OCC. The fourth-order valence-corrected chi connectivity index (χ4v) is 2.01. The third kappa shape index (κ3) is 3.74. The minimum absolute atomic E-state index is 0.254. The van der Waals surface area contributed by atoms with Gasteiger partial charge in [0.1, 0.15) is 0 Å². The van der Waals surface area contributed by atoms with E-state index in [1.54, 1.807) is 0 Å². The molecule has 0 amide bonds. The van der Waals surface area contributed by atoms with E-state index in [1.807, 2.05) is 6.92 Å². The number of hydrogen-bond donors (Lipinski definition) is 1. The van der Waals surface area contributed by atoms with Crippen LogP contribution in [0.3, 0.4) is 0 Å². The molecule has 3 heteroatoms. The largest absolute Gasteiger partial charge is 0.374 e. The van der Waals surface area contributed by atoms with Crippen molar-refractivity contribution in [2.24, 2.45) is 0 Å². The summed E-state index contributed by atoms with van der Waals surface area (Å²) in [6.45, 7) is 10.2. The molecule has 0 saturated heterocycles. The molecule has 0 aromatic rings. The average Bonchev–Trinajstić information content (AvgIpc) is 2.18. The first-order valence-electron chi connectivity index (χ1n) is 6.19. The van der Waals surface area contributed by atoms with Crippen LogP contribution < -0.4 is 5.32 Å². The second-order valence-electron chi connectivity index (χ2n) is 4.44. The van der Waals surface area contributed by atoms with Crippen molar-refractivity contribution in [3.8, 4) is 0 Å². The number of hydrogen-bond acceptors (Lipinski definition) is 3. The number of ether oxygens (including phenoxy) is 2. The van der Waals surface area contributed by atoms with Gasteiger partial charge in [-0.05, 0) is 40.2 Å². The first-order valence-corrected chi connectivity index (χ1v) is 6.19. The van der Waals surface area contributed by atoms with Crippen LogP contribution in [-0.4, -0.2) is 37.5 Å². The first kappa shape index (κ1) is 12.9. The molecule has 1 N–H and O–H groups in total. The van der Waals surface area contributed by atoms with Gasteiger partial charge < -0.3 is 14.8 Å². The molecule has 90 valence electrons. The Bertz CT molecular complexity index is 173. The van der Waals surface area contributed by atoms with E-state index in [0.717, 1.165) is 19.6 Å². The lowest BCUT2D eigenvalue weighted by atomic mass is 9.85. The topological polar surface area (TPSA) is 30.5 Å². The smallest absolute Gasteiger partial charge is 0.0990 e. The molecule has 1 aliphatic carbocycles. The predicted molar refractivity (Wildman–Crippen MR) is 62.1 cm³/mol. The highest BCUT2D eigenvalue weighted by Crippen LogP contribution is 2.28. The maximum Gasteiger partial charge on any atom is 0.0990 e. The maximum atomic E-state index is 5.80. The molecule has 0 radical (unpaired) electrons. The second-order valence-corrected chi connectivity index (χ2v) is 4.44. The van der Waals surface area contributed by atoms with E-state index in [0.29, 0.717) is 18.2 Å². The zero-order valence-electron chi connectivity index (χ0n) is 10.5. The van der Waals surface area contributed by atoms with Crippen LogP contribution in [0.5, 0.6) is 0 Å². The standard InChI is InChI=1S/C12H25NO2/c1-5-7-13-10-8-11(15-9(3)4)12(10)14-6-2/h9-13H,5-8H2,1-4H3. The fraction of sp³-hybridized carbons (Fsp3) is 1.00. The van der Waals surface area contributed by atoms with Gasteiger partial charge in [-0.1, -0.05) is 6.92 Å². The van der Waals surface area contributed by atoms with Gasteiger partial charge in [-0.25, -0.2) is 0 Å². The summed E-state index contributed by atoms with van der Waals surface area (Å²) in [5, 5.41) is 3.50. The zero-order valence-corrected chi connectivity index (χ0v) is 10.5. The highest BCUT2D eigenvalue weighted by atomic mass is 16.5. The van der Waals surface area contributed by atoms with Gasteiger partial charge >= 0.3 is 0 Å². The summed E-state index contributed by atoms with van der Waals surface area (Å²) in [4.78, 5) is 0. The van der Waals surface area contributed by atoms with Crippen LogP contribution in [-0.2, 0) is 9.47 Å². The molecule has 0 spiro atoms. The van der Waals surface area contributed by atoms with E-state index in [2.05, 4.69) is 26.1 Å². The maximum absolute atomic E-state index is 5.80. The highest BCUT2D eigenvalue weighted by Gasteiger charge is 2.42. The van der Waals surface area contributed by atoms with Crippen LogP contribution in [0.25, 0.3) is 0 Å². The van der Waals surface area contributed by atoms with E-state index in [1.165, 1.54) is 6.42 Å². The summed E-state index contributed by atoms with van der Waals surface area (Å²) >= 11 is 0. The van der Waals surface area contributed by atoms with E-state index < -0.39 is 0 Å². The van der Waals surface area contributed by atoms with Gasteiger partial charge in [0.15, 0.2) is 0 Å².